The van der Waals surface area contributed by atoms with E-state index in [0.717, 1.165) is 25.2 Å². The van der Waals surface area contributed by atoms with Crippen molar-refractivity contribution >= 4 is 22.9 Å². The van der Waals surface area contributed by atoms with Crippen LogP contribution in [0.15, 0.2) is 18.7 Å². The van der Waals surface area contributed by atoms with E-state index in [1.165, 1.54) is 0 Å². The minimum absolute atomic E-state index is 0.227. The zero-order chi connectivity index (χ0) is 13.1. The highest BCUT2D eigenvalue weighted by Gasteiger charge is 2.07. The molecule has 0 radical (unpaired) electrons. The molecule has 0 fully saturated rings. The second-order valence-electron chi connectivity index (χ2n) is 4.10. The van der Waals surface area contributed by atoms with E-state index in [1.54, 1.807) is 12.5 Å². The van der Waals surface area contributed by atoms with Crippen molar-refractivity contribution < 1.29 is 0 Å². The maximum Gasteiger partial charge on any atom is 0.224 e. The topological polar surface area (TPSA) is 121 Å². The minimum Gasteiger partial charge on any atom is -0.368 e. The highest BCUT2D eigenvalue weighted by Crippen LogP contribution is 2.17. The Morgan fingerprint density at radius 3 is 3.00 bits per heavy atom. The number of aryl methyl sites for hydroxylation is 1. The molecule has 0 aliphatic rings. The van der Waals surface area contributed by atoms with Crippen LogP contribution in [0.2, 0.25) is 0 Å². The first kappa shape index (κ1) is 11.5. The van der Waals surface area contributed by atoms with Crippen molar-refractivity contribution in [3.63, 3.8) is 0 Å². The molecule has 3 heterocycles. The highest BCUT2D eigenvalue weighted by atomic mass is 15.1. The number of nitrogens with one attached hydrogen (secondary N) is 3. The summed E-state index contributed by atoms with van der Waals surface area (Å²) in [5.74, 6) is 1.86. The number of nitrogen functional groups attached to an aromatic ring is 1. The lowest BCUT2D eigenvalue weighted by molar-refractivity contribution is 0.814. The molecule has 3 rings (SSSR count). The minimum atomic E-state index is 0.227. The predicted octanol–water partition coefficient (Wildman–Crippen LogP) is 0.703. The fourth-order valence-corrected chi connectivity index (χ4v) is 1.87. The first-order valence-corrected chi connectivity index (χ1v) is 6.01. The van der Waals surface area contributed by atoms with Crippen molar-refractivity contribution in [2.24, 2.45) is 0 Å². The highest BCUT2D eigenvalue weighted by molar-refractivity contribution is 5.83. The van der Waals surface area contributed by atoms with Gasteiger partial charge < -0.3 is 21.0 Å². The summed E-state index contributed by atoms with van der Waals surface area (Å²) >= 11 is 0. The lowest BCUT2D eigenvalue weighted by Crippen LogP contribution is -2.08. The summed E-state index contributed by atoms with van der Waals surface area (Å²) < 4.78 is 0. The van der Waals surface area contributed by atoms with Crippen LogP contribution in [-0.4, -0.2) is 36.4 Å². The number of H-pyrrole nitrogens is 2. The molecule has 0 spiro atoms. The number of aromatic amines is 2. The van der Waals surface area contributed by atoms with Crippen LogP contribution < -0.4 is 11.1 Å². The Hall–Kier alpha value is -2.64. The fourth-order valence-electron chi connectivity index (χ4n) is 1.87. The molecule has 19 heavy (non-hydrogen) atoms. The van der Waals surface area contributed by atoms with Gasteiger partial charge in [0.05, 0.1) is 6.33 Å². The smallest absolute Gasteiger partial charge is 0.224 e. The third-order valence-electron chi connectivity index (χ3n) is 2.73. The van der Waals surface area contributed by atoms with Gasteiger partial charge in [-0.1, -0.05) is 0 Å². The van der Waals surface area contributed by atoms with Gasteiger partial charge in [-0.25, -0.2) is 9.97 Å². The van der Waals surface area contributed by atoms with Gasteiger partial charge in [0.15, 0.2) is 11.5 Å². The molecule has 0 saturated carbocycles. The fraction of sp³-hybridized carbons (Fsp3) is 0.273. The van der Waals surface area contributed by atoms with E-state index in [2.05, 4.69) is 35.2 Å². The quantitative estimate of drug-likeness (QED) is 0.500. The van der Waals surface area contributed by atoms with Gasteiger partial charge >= 0.3 is 0 Å². The molecule has 5 N–H and O–H groups in total. The molecule has 98 valence electrons. The molecule has 0 bridgehead atoms. The normalized spacial score (nSPS) is 10.9. The molecule has 0 unspecified atom stereocenters. The van der Waals surface area contributed by atoms with Crippen LogP contribution in [0.1, 0.15) is 12.2 Å². The maximum absolute atomic E-state index is 5.64. The Balaban J connectivity index is 1.63. The van der Waals surface area contributed by atoms with Crippen molar-refractivity contribution in [2.75, 3.05) is 17.6 Å². The summed E-state index contributed by atoms with van der Waals surface area (Å²) in [4.78, 5) is 22.5. The predicted molar refractivity (Wildman–Crippen MR) is 71.5 cm³/mol. The molecule has 8 nitrogen and oxygen atoms in total. The van der Waals surface area contributed by atoms with Crippen molar-refractivity contribution in [1.29, 1.82) is 0 Å². The second kappa shape index (κ2) is 4.92. The first-order valence-electron chi connectivity index (χ1n) is 6.01. The van der Waals surface area contributed by atoms with Gasteiger partial charge in [0.25, 0.3) is 0 Å². The van der Waals surface area contributed by atoms with Crippen molar-refractivity contribution in [2.45, 2.75) is 12.8 Å². The number of imidazole rings is 2. The molecule has 0 aliphatic heterocycles. The standard InChI is InChI=1S/C11H14N8/c12-11-18-9(8-10(19-11)17-6-16-8)15-3-1-2-7-13-4-5-14-7/h4-6H,1-3H2,(H,13,14)(H4,12,15,16,17,18,19). The number of anilines is 2. The zero-order valence-electron chi connectivity index (χ0n) is 10.2. The van der Waals surface area contributed by atoms with Crippen LogP contribution in [0.25, 0.3) is 11.2 Å². The summed E-state index contributed by atoms with van der Waals surface area (Å²) in [6, 6.07) is 0. The Morgan fingerprint density at radius 1 is 1.21 bits per heavy atom. The monoisotopic (exact) mass is 258 g/mol. The molecule has 0 saturated heterocycles. The van der Waals surface area contributed by atoms with Gasteiger partial charge in [-0.05, 0) is 6.42 Å². The summed E-state index contributed by atoms with van der Waals surface area (Å²) in [5.41, 5.74) is 6.98. The van der Waals surface area contributed by atoms with E-state index >= 15 is 0 Å². The summed E-state index contributed by atoms with van der Waals surface area (Å²) in [6.45, 7) is 0.763. The van der Waals surface area contributed by atoms with Crippen LogP contribution in [-0.2, 0) is 6.42 Å². The number of hydrogen-bond donors (Lipinski definition) is 4. The largest absolute Gasteiger partial charge is 0.368 e. The summed E-state index contributed by atoms with van der Waals surface area (Å²) in [6.07, 6.45) is 6.96. The van der Waals surface area contributed by atoms with Crippen LogP contribution >= 0.6 is 0 Å². The van der Waals surface area contributed by atoms with Crippen LogP contribution in [0, 0.1) is 0 Å². The molecule has 3 aromatic rings. The van der Waals surface area contributed by atoms with Gasteiger partial charge in [0, 0.05) is 25.4 Å². The van der Waals surface area contributed by atoms with E-state index in [0.29, 0.717) is 17.0 Å². The number of rotatable bonds is 5. The zero-order valence-corrected chi connectivity index (χ0v) is 10.2. The van der Waals surface area contributed by atoms with Crippen molar-refractivity contribution in [3.05, 3.63) is 24.5 Å². The Labute approximate surface area is 108 Å². The molecule has 3 aromatic heterocycles. The van der Waals surface area contributed by atoms with E-state index < -0.39 is 0 Å². The van der Waals surface area contributed by atoms with Crippen LogP contribution in [0.4, 0.5) is 11.8 Å². The lowest BCUT2D eigenvalue weighted by atomic mass is 10.3. The van der Waals surface area contributed by atoms with Gasteiger partial charge in [-0.2, -0.15) is 9.97 Å². The molecular weight excluding hydrogens is 244 g/mol. The molecule has 8 heteroatoms. The molecule has 0 aliphatic carbocycles. The average molecular weight is 258 g/mol. The third-order valence-corrected chi connectivity index (χ3v) is 2.73. The molecule has 0 atom stereocenters. The van der Waals surface area contributed by atoms with E-state index in [4.69, 9.17) is 5.73 Å². The van der Waals surface area contributed by atoms with Crippen molar-refractivity contribution in [3.8, 4) is 0 Å². The Kier molecular flexibility index (Phi) is 2.97. The Morgan fingerprint density at radius 2 is 2.16 bits per heavy atom. The van der Waals surface area contributed by atoms with E-state index in [9.17, 15) is 0 Å². The van der Waals surface area contributed by atoms with Gasteiger partial charge in [-0.15, -0.1) is 0 Å². The van der Waals surface area contributed by atoms with Gasteiger partial charge in [0.2, 0.25) is 5.95 Å². The molecule has 0 aromatic carbocycles. The SMILES string of the molecule is Nc1nc(NCCCc2ncc[nH]2)c2nc[nH]c2n1. The Bertz CT molecular complexity index is 656. The third kappa shape index (κ3) is 2.46. The first-order chi connectivity index (χ1) is 9.33. The maximum atomic E-state index is 5.64. The summed E-state index contributed by atoms with van der Waals surface area (Å²) in [5, 5.41) is 3.22. The number of hydrogen-bond acceptors (Lipinski definition) is 6. The van der Waals surface area contributed by atoms with Crippen molar-refractivity contribution in [1.82, 2.24) is 29.9 Å². The van der Waals surface area contributed by atoms with Gasteiger partial charge in [0.1, 0.15) is 11.3 Å². The molecule has 0 amide bonds. The number of fused-ring (bicyclic) bond motifs is 1. The number of nitrogens with two attached hydrogens (primary N) is 1. The molecular formula is C11H14N8. The van der Waals surface area contributed by atoms with Crippen LogP contribution in [0.3, 0.4) is 0 Å². The summed E-state index contributed by atoms with van der Waals surface area (Å²) in [7, 11) is 0. The second-order valence-corrected chi connectivity index (χ2v) is 4.10. The lowest BCUT2D eigenvalue weighted by Gasteiger charge is -2.05. The van der Waals surface area contributed by atoms with E-state index in [-0.39, 0.29) is 5.95 Å². The van der Waals surface area contributed by atoms with Gasteiger partial charge in [-0.3, -0.25) is 0 Å². The average Bonchev–Trinajstić information content (AvgIpc) is 3.04. The van der Waals surface area contributed by atoms with E-state index in [1.807, 2.05) is 6.20 Å². The number of aromatic nitrogens is 6. The van der Waals surface area contributed by atoms with Crippen LogP contribution in [0.5, 0.6) is 0 Å². The number of nitrogens with zero attached hydrogens (tertiary/aromatic N) is 4.